The molecule has 0 aromatic carbocycles. The van der Waals surface area contributed by atoms with Crippen LogP contribution in [0.25, 0.3) is 0 Å². The third-order valence-corrected chi connectivity index (χ3v) is 2.80. The zero-order valence-electron chi connectivity index (χ0n) is 11.3. The van der Waals surface area contributed by atoms with Crippen molar-refractivity contribution in [2.75, 3.05) is 0 Å². The van der Waals surface area contributed by atoms with Gasteiger partial charge in [0.2, 0.25) is 11.8 Å². The highest BCUT2D eigenvalue weighted by Gasteiger charge is 2.24. The van der Waals surface area contributed by atoms with Gasteiger partial charge in [-0.3, -0.25) is 14.9 Å². The summed E-state index contributed by atoms with van der Waals surface area (Å²) in [6.45, 7) is 1.65. The van der Waals surface area contributed by atoms with Crippen LogP contribution in [0, 0.1) is 5.92 Å². The van der Waals surface area contributed by atoms with Crippen molar-refractivity contribution in [3.05, 3.63) is 0 Å². The van der Waals surface area contributed by atoms with Crippen molar-refractivity contribution in [3.8, 4) is 0 Å². The van der Waals surface area contributed by atoms with Crippen molar-refractivity contribution < 1.29 is 24.9 Å². The van der Waals surface area contributed by atoms with Gasteiger partial charge in [0, 0.05) is 12.3 Å². The van der Waals surface area contributed by atoms with Crippen LogP contribution in [0.4, 0.5) is 0 Å². The van der Waals surface area contributed by atoms with Crippen LogP contribution >= 0.6 is 0 Å². The molecule has 112 valence electrons. The highest BCUT2D eigenvalue weighted by atomic mass is 16.7. The maximum Gasteiger partial charge on any atom is 0.369 e. The minimum absolute atomic E-state index is 0.286. The molecule has 0 saturated heterocycles. The second-order valence-corrected chi connectivity index (χ2v) is 4.80. The standard InChI is InChI=1S/C12H24N2O5/c1-9(11(16)14-12(17,18)19)7-5-3-2-4-6-8-10(13)15/h9,17-19H,2-8H2,1H3,(H2,13,15)(H,14,16). The van der Waals surface area contributed by atoms with Crippen LogP contribution in [0.3, 0.4) is 0 Å². The number of nitrogens with one attached hydrogen (secondary N) is 1. The SMILES string of the molecule is CC(CCCCCCCC(N)=O)C(=O)NC(O)(O)O. The summed E-state index contributed by atoms with van der Waals surface area (Å²) >= 11 is 0. The van der Waals surface area contributed by atoms with E-state index in [4.69, 9.17) is 21.1 Å². The Hall–Kier alpha value is -1.18. The minimum atomic E-state index is -3.15. The second-order valence-electron chi connectivity index (χ2n) is 4.80. The Morgan fingerprint density at radius 3 is 2.16 bits per heavy atom. The van der Waals surface area contributed by atoms with Crippen LogP contribution in [0.15, 0.2) is 0 Å². The second kappa shape index (κ2) is 8.84. The molecule has 1 atom stereocenters. The molecule has 7 heteroatoms. The number of hydrogen-bond acceptors (Lipinski definition) is 5. The predicted molar refractivity (Wildman–Crippen MR) is 68.2 cm³/mol. The highest BCUT2D eigenvalue weighted by Crippen LogP contribution is 2.12. The van der Waals surface area contributed by atoms with Gasteiger partial charge in [-0.1, -0.05) is 32.6 Å². The number of rotatable bonds is 10. The Balaban J connectivity index is 3.55. The fraction of sp³-hybridized carbons (Fsp3) is 0.833. The summed E-state index contributed by atoms with van der Waals surface area (Å²) in [4.78, 5) is 21.8. The lowest BCUT2D eigenvalue weighted by Gasteiger charge is -2.18. The fourth-order valence-corrected chi connectivity index (χ4v) is 1.70. The molecule has 0 heterocycles. The molecule has 0 aliphatic carbocycles. The fourth-order valence-electron chi connectivity index (χ4n) is 1.70. The predicted octanol–water partition coefficient (Wildman–Crippen LogP) is -0.457. The molecular weight excluding hydrogens is 252 g/mol. The van der Waals surface area contributed by atoms with Gasteiger partial charge < -0.3 is 21.1 Å². The van der Waals surface area contributed by atoms with Gasteiger partial charge in [0.1, 0.15) is 0 Å². The first kappa shape index (κ1) is 17.8. The van der Waals surface area contributed by atoms with Crippen LogP contribution in [-0.4, -0.2) is 33.2 Å². The van der Waals surface area contributed by atoms with Crippen LogP contribution in [0.5, 0.6) is 0 Å². The van der Waals surface area contributed by atoms with E-state index in [1.807, 2.05) is 0 Å². The summed E-state index contributed by atoms with van der Waals surface area (Å²) < 4.78 is 0. The number of unbranched alkanes of at least 4 members (excludes halogenated alkanes) is 4. The highest BCUT2D eigenvalue weighted by molar-refractivity contribution is 5.78. The van der Waals surface area contributed by atoms with Crippen LogP contribution in [-0.2, 0) is 9.59 Å². The number of aliphatic hydroxyl groups is 3. The molecule has 0 rings (SSSR count). The van der Waals surface area contributed by atoms with Crippen LogP contribution in [0.1, 0.15) is 51.9 Å². The largest absolute Gasteiger partial charge is 0.370 e. The molecule has 0 aliphatic heterocycles. The van der Waals surface area contributed by atoms with E-state index >= 15 is 0 Å². The van der Waals surface area contributed by atoms with Gasteiger partial charge in [-0.05, 0) is 12.8 Å². The molecule has 0 spiro atoms. The van der Waals surface area contributed by atoms with Crippen molar-refractivity contribution in [1.82, 2.24) is 5.32 Å². The number of carbonyl (C=O) groups is 2. The Morgan fingerprint density at radius 1 is 1.11 bits per heavy atom. The third kappa shape index (κ3) is 11.6. The van der Waals surface area contributed by atoms with Crippen LogP contribution < -0.4 is 11.1 Å². The zero-order valence-corrected chi connectivity index (χ0v) is 11.3. The van der Waals surface area contributed by atoms with E-state index < -0.39 is 17.9 Å². The molecule has 0 bridgehead atoms. The lowest BCUT2D eigenvalue weighted by Crippen LogP contribution is -2.49. The number of primary amides is 1. The van der Waals surface area contributed by atoms with Crippen molar-refractivity contribution >= 4 is 11.8 Å². The Labute approximate surface area is 112 Å². The van der Waals surface area contributed by atoms with E-state index in [-0.39, 0.29) is 5.91 Å². The first-order chi connectivity index (χ1) is 8.72. The molecule has 6 N–H and O–H groups in total. The molecule has 7 nitrogen and oxygen atoms in total. The zero-order chi connectivity index (χ0) is 14.9. The first-order valence-electron chi connectivity index (χ1n) is 6.50. The summed E-state index contributed by atoms with van der Waals surface area (Å²) in [6, 6.07) is 0. The third-order valence-electron chi connectivity index (χ3n) is 2.80. The molecule has 1 unspecified atom stereocenters. The molecule has 0 aliphatic rings. The van der Waals surface area contributed by atoms with Gasteiger partial charge in [0.05, 0.1) is 0 Å². The average molecular weight is 276 g/mol. The maximum absolute atomic E-state index is 11.4. The van der Waals surface area contributed by atoms with E-state index in [2.05, 4.69) is 0 Å². The lowest BCUT2D eigenvalue weighted by molar-refractivity contribution is -0.326. The van der Waals surface area contributed by atoms with Crippen LogP contribution in [0.2, 0.25) is 0 Å². The van der Waals surface area contributed by atoms with Crippen molar-refractivity contribution in [2.45, 2.75) is 58.0 Å². The van der Waals surface area contributed by atoms with E-state index in [1.54, 1.807) is 12.2 Å². The summed E-state index contributed by atoms with van der Waals surface area (Å²) in [6.07, 6.45) is 2.27. The summed E-state index contributed by atoms with van der Waals surface area (Å²) in [7, 11) is 0. The van der Waals surface area contributed by atoms with E-state index in [1.165, 1.54) is 0 Å². The summed E-state index contributed by atoms with van der Waals surface area (Å²) in [5, 5.41) is 27.4. The number of carbonyl (C=O) groups excluding carboxylic acids is 2. The van der Waals surface area contributed by atoms with Crippen molar-refractivity contribution in [1.29, 1.82) is 0 Å². The Morgan fingerprint density at radius 2 is 1.63 bits per heavy atom. The smallest absolute Gasteiger partial charge is 0.369 e. The molecule has 0 fully saturated rings. The van der Waals surface area contributed by atoms with E-state index in [9.17, 15) is 9.59 Å². The first-order valence-corrected chi connectivity index (χ1v) is 6.50. The molecule has 0 aromatic rings. The van der Waals surface area contributed by atoms with Gasteiger partial charge in [0.25, 0.3) is 0 Å². The molecular formula is C12H24N2O5. The Bertz CT molecular complexity index is 288. The molecule has 0 radical (unpaired) electrons. The molecule has 2 amide bonds. The van der Waals surface area contributed by atoms with Gasteiger partial charge >= 0.3 is 6.10 Å². The monoisotopic (exact) mass is 276 g/mol. The number of amides is 2. The average Bonchev–Trinajstić information content (AvgIpc) is 2.24. The van der Waals surface area contributed by atoms with Gasteiger partial charge in [-0.15, -0.1) is 0 Å². The van der Waals surface area contributed by atoms with Gasteiger partial charge in [-0.2, -0.15) is 0 Å². The summed E-state index contributed by atoms with van der Waals surface area (Å²) in [5.74, 6) is -1.30. The molecule has 0 aromatic heterocycles. The maximum atomic E-state index is 11.4. The van der Waals surface area contributed by atoms with E-state index in [0.717, 1.165) is 32.1 Å². The number of hydrogen-bond donors (Lipinski definition) is 5. The van der Waals surface area contributed by atoms with Crippen molar-refractivity contribution in [2.24, 2.45) is 11.7 Å². The number of nitrogens with two attached hydrogens (primary N) is 1. The topological polar surface area (TPSA) is 133 Å². The Kier molecular flexibility index (Phi) is 8.29. The minimum Gasteiger partial charge on any atom is -0.370 e. The van der Waals surface area contributed by atoms with E-state index in [0.29, 0.717) is 12.8 Å². The molecule has 19 heavy (non-hydrogen) atoms. The van der Waals surface area contributed by atoms with Crippen molar-refractivity contribution in [3.63, 3.8) is 0 Å². The molecule has 0 saturated carbocycles. The lowest BCUT2D eigenvalue weighted by atomic mass is 10.0. The van der Waals surface area contributed by atoms with Gasteiger partial charge in [0.15, 0.2) is 0 Å². The van der Waals surface area contributed by atoms with Gasteiger partial charge in [-0.25, -0.2) is 0 Å². The quantitative estimate of drug-likeness (QED) is 0.272. The summed E-state index contributed by atoms with van der Waals surface area (Å²) in [5.41, 5.74) is 5.01. The normalized spacial score (nSPS) is 13.1.